The molecule has 0 aromatic rings. The van der Waals surface area contributed by atoms with E-state index in [0.29, 0.717) is 26.2 Å². The molecule has 0 rings (SSSR count). The molecule has 0 bridgehead atoms. The van der Waals surface area contributed by atoms with Crippen LogP contribution in [0.3, 0.4) is 0 Å². The van der Waals surface area contributed by atoms with Crippen molar-refractivity contribution >= 4 is 5.91 Å². The van der Waals surface area contributed by atoms with Crippen molar-refractivity contribution in [1.29, 1.82) is 0 Å². The van der Waals surface area contributed by atoms with Crippen molar-refractivity contribution in [3.05, 3.63) is 0 Å². The van der Waals surface area contributed by atoms with Crippen LogP contribution in [0.4, 0.5) is 0 Å². The predicted octanol–water partition coefficient (Wildman–Crippen LogP) is 1.98. The van der Waals surface area contributed by atoms with E-state index in [4.69, 9.17) is 9.47 Å². The zero-order valence-corrected chi connectivity index (χ0v) is 11.2. The first-order valence-corrected chi connectivity index (χ1v) is 6.17. The maximum atomic E-state index is 10.8. The molecule has 0 spiro atoms. The molecule has 0 aromatic carbocycles. The number of nitrogens with one attached hydrogen (secondary N) is 1. The average Bonchev–Trinajstić information content (AvgIpc) is 2.34. The highest BCUT2D eigenvalue weighted by Gasteiger charge is 1.96. The van der Waals surface area contributed by atoms with E-state index in [0.717, 1.165) is 19.4 Å². The molecule has 0 aromatic heterocycles. The topological polar surface area (TPSA) is 47.6 Å². The molecule has 0 aliphatic rings. The molecule has 4 nitrogen and oxygen atoms in total. The average molecular weight is 233 g/mol. The number of hydrogen-bond donors (Lipinski definition) is 1. The first-order chi connectivity index (χ1) is 7.81. The fraction of sp³-hybridized carbons (Fsp3) is 0.917. The molecule has 4 heteroatoms. The third-order valence-corrected chi connectivity index (χ3v) is 1.77. The molecule has 1 amide bonds. The Morgan fingerprint density at radius 2 is 1.62 bits per heavy atom. The van der Waals surface area contributed by atoms with E-state index in [1.165, 1.54) is 0 Å². The summed E-state index contributed by atoms with van der Waals surface area (Å²) in [5, 5.41) is 2.53. The van der Waals surface area contributed by atoms with Crippen molar-refractivity contribution in [3.8, 4) is 0 Å². The van der Waals surface area contributed by atoms with Crippen molar-refractivity contribution in [2.75, 3.05) is 33.5 Å². The number of rotatable bonds is 9. The van der Waals surface area contributed by atoms with Crippen LogP contribution in [0, 0.1) is 0 Å². The third kappa shape index (κ3) is 15.8. The van der Waals surface area contributed by atoms with E-state index >= 15 is 0 Å². The lowest BCUT2D eigenvalue weighted by Gasteiger charge is -2.04. The van der Waals surface area contributed by atoms with Crippen molar-refractivity contribution in [2.45, 2.75) is 40.0 Å². The van der Waals surface area contributed by atoms with Crippen LogP contribution in [0.15, 0.2) is 0 Å². The molecule has 98 valence electrons. The standard InChI is InChI=1S/C10H21NO3.C2H6/c1-3-4-6-13-8-9-14-7-5-10(12)11-2;1-2/h3-9H2,1-2H3,(H,11,12);1-2H3. The van der Waals surface area contributed by atoms with Crippen LogP contribution < -0.4 is 5.32 Å². The van der Waals surface area contributed by atoms with Gasteiger partial charge in [0.05, 0.1) is 19.8 Å². The predicted molar refractivity (Wildman–Crippen MR) is 66.6 cm³/mol. The molecule has 0 unspecified atom stereocenters. The zero-order chi connectivity index (χ0) is 12.6. The maximum absolute atomic E-state index is 10.8. The molecular formula is C12H27NO3. The van der Waals surface area contributed by atoms with Gasteiger partial charge in [0.25, 0.3) is 0 Å². The van der Waals surface area contributed by atoms with Crippen LogP contribution in [0.25, 0.3) is 0 Å². The molecule has 0 heterocycles. The van der Waals surface area contributed by atoms with E-state index in [1.54, 1.807) is 7.05 Å². The number of amides is 1. The van der Waals surface area contributed by atoms with E-state index in [2.05, 4.69) is 12.2 Å². The normalized spacial score (nSPS) is 9.25. The minimum absolute atomic E-state index is 0.0110. The van der Waals surface area contributed by atoms with Gasteiger partial charge in [0.2, 0.25) is 5.91 Å². The van der Waals surface area contributed by atoms with Gasteiger partial charge < -0.3 is 14.8 Å². The van der Waals surface area contributed by atoms with Crippen LogP contribution in [0.5, 0.6) is 0 Å². The van der Waals surface area contributed by atoms with Gasteiger partial charge in [0, 0.05) is 20.1 Å². The van der Waals surface area contributed by atoms with E-state index in [9.17, 15) is 4.79 Å². The van der Waals surface area contributed by atoms with Crippen molar-refractivity contribution in [1.82, 2.24) is 5.32 Å². The van der Waals surface area contributed by atoms with Crippen LogP contribution in [-0.4, -0.2) is 39.4 Å². The second kappa shape index (κ2) is 16.8. The van der Waals surface area contributed by atoms with Gasteiger partial charge in [-0.15, -0.1) is 0 Å². The van der Waals surface area contributed by atoms with E-state index in [1.807, 2.05) is 13.8 Å². The Bertz CT molecular complexity index is 140. The SMILES string of the molecule is CC.CCCCOCCOCCC(=O)NC. The third-order valence-electron chi connectivity index (χ3n) is 1.77. The van der Waals surface area contributed by atoms with Gasteiger partial charge in [-0.3, -0.25) is 4.79 Å². The largest absolute Gasteiger partial charge is 0.379 e. The lowest BCUT2D eigenvalue weighted by atomic mass is 10.4. The van der Waals surface area contributed by atoms with Crippen molar-refractivity contribution in [3.63, 3.8) is 0 Å². The van der Waals surface area contributed by atoms with Gasteiger partial charge in [-0.1, -0.05) is 27.2 Å². The summed E-state index contributed by atoms with van der Waals surface area (Å²) >= 11 is 0. The van der Waals surface area contributed by atoms with Crippen molar-refractivity contribution < 1.29 is 14.3 Å². The lowest BCUT2D eigenvalue weighted by Crippen LogP contribution is -2.19. The van der Waals surface area contributed by atoms with Crippen LogP contribution in [0.1, 0.15) is 40.0 Å². The Balaban J connectivity index is 0. The number of carbonyl (C=O) groups is 1. The summed E-state index contributed by atoms with van der Waals surface area (Å²) in [6, 6.07) is 0. The van der Waals surface area contributed by atoms with Gasteiger partial charge in [-0.2, -0.15) is 0 Å². The van der Waals surface area contributed by atoms with Gasteiger partial charge in [-0.25, -0.2) is 0 Å². The second-order valence-electron chi connectivity index (χ2n) is 3.00. The summed E-state index contributed by atoms with van der Waals surface area (Å²) in [6.45, 7) is 8.59. The molecule has 0 saturated carbocycles. The summed E-state index contributed by atoms with van der Waals surface area (Å²) in [5.41, 5.74) is 0. The van der Waals surface area contributed by atoms with Crippen molar-refractivity contribution in [2.24, 2.45) is 0 Å². The summed E-state index contributed by atoms with van der Waals surface area (Å²) in [5.74, 6) is 0.0110. The Morgan fingerprint density at radius 3 is 2.12 bits per heavy atom. The van der Waals surface area contributed by atoms with E-state index < -0.39 is 0 Å². The molecule has 0 aliphatic heterocycles. The number of carbonyl (C=O) groups excluding carboxylic acids is 1. The van der Waals surface area contributed by atoms with Crippen LogP contribution >= 0.6 is 0 Å². The fourth-order valence-electron chi connectivity index (χ4n) is 0.858. The fourth-order valence-corrected chi connectivity index (χ4v) is 0.858. The first kappa shape index (κ1) is 17.8. The quantitative estimate of drug-likeness (QED) is 0.619. The zero-order valence-electron chi connectivity index (χ0n) is 11.2. The monoisotopic (exact) mass is 233 g/mol. The van der Waals surface area contributed by atoms with E-state index in [-0.39, 0.29) is 5.91 Å². The smallest absolute Gasteiger partial charge is 0.222 e. The minimum Gasteiger partial charge on any atom is -0.379 e. The molecule has 0 aliphatic carbocycles. The Hall–Kier alpha value is -0.610. The van der Waals surface area contributed by atoms with Gasteiger partial charge >= 0.3 is 0 Å². The van der Waals surface area contributed by atoms with Gasteiger partial charge in [0.1, 0.15) is 0 Å². The molecule has 0 atom stereocenters. The summed E-state index contributed by atoms with van der Waals surface area (Å²) in [6.07, 6.45) is 2.67. The van der Waals surface area contributed by atoms with Crippen LogP contribution in [-0.2, 0) is 14.3 Å². The Morgan fingerprint density at radius 1 is 1.06 bits per heavy atom. The van der Waals surface area contributed by atoms with Gasteiger partial charge in [0.15, 0.2) is 0 Å². The summed E-state index contributed by atoms with van der Waals surface area (Å²) in [4.78, 5) is 10.8. The molecular weight excluding hydrogens is 206 g/mol. The number of unbranched alkanes of at least 4 members (excludes halogenated alkanes) is 1. The lowest BCUT2D eigenvalue weighted by molar-refractivity contribution is -0.121. The minimum atomic E-state index is 0.0110. The molecule has 1 N–H and O–H groups in total. The number of ether oxygens (including phenoxy) is 2. The highest BCUT2D eigenvalue weighted by molar-refractivity contribution is 5.75. The summed E-state index contributed by atoms with van der Waals surface area (Å²) in [7, 11) is 1.62. The molecule has 0 radical (unpaired) electrons. The molecule has 16 heavy (non-hydrogen) atoms. The second-order valence-corrected chi connectivity index (χ2v) is 3.00. The van der Waals surface area contributed by atoms with Crippen LogP contribution in [0.2, 0.25) is 0 Å². The highest BCUT2D eigenvalue weighted by atomic mass is 16.5. The van der Waals surface area contributed by atoms with Gasteiger partial charge in [-0.05, 0) is 6.42 Å². The summed E-state index contributed by atoms with van der Waals surface area (Å²) < 4.78 is 10.5. The Labute approximate surface area is 99.7 Å². The number of hydrogen-bond acceptors (Lipinski definition) is 3. The Kier molecular flexibility index (Phi) is 18.7. The molecule has 0 saturated heterocycles. The highest BCUT2D eigenvalue weighted by Crippen LogP contribution is 1.88. The molecule has 0 fully saturated rings. The maximum Gasteiger partial charge on any atom is 0.222 e. The first-order valence-electron chi connectivity index (χ1n) is 6.17.